The minimum absolute atomic E-state index is 0.00585. The van der Waals surface area contributed by atoms with E-state index in [1.165, 1.54) is 4.88 Å². The maximum Gasteiger partial charge on any atom is 0.185 e. The summed E-state index contributed by atoms with van der Waals surface area (Å²) < 4.78 is 5.19. The van der Waals surface area contributed by atoms with Gasteiger partial charge in [0.15, 0.2) is 5.13 Å². The highest BCUT2D eigenvalue weighted by Crippen LogP contribution is 2.22. The number of hydrogen-bond donors (Lipinski definition) is 1. The van der Waals surface area contributed by atoms with Crippen molar-refractivity contribution in [3.05, 3.63) is 11.1 Å². The van der Waals surface area contributed by atoms with E-state index >= 15 is 0 Å². The SMILES string of the molecule is CCN(CC)c1ncc(CNC(C)(C)COC)s1. The lowest BCUT2D eigenvalue weighted by Gasteiger charge is -2.24. The van der Waals surface area contributed by atoms with Crippen LogP contribution >= 0.6 is 11.3 Å². The van der Waals surface area contributed by atoms with Gasteiger partial charge in [-0.15, -0.1) is 11.3 Å². The maximum absolute atomic E-state index is 5.19. The van der Waals surface area contributed by atoms with Crippen LogP contribution in [0.1, 0.15) is 32.6 Å². The van der Waals surface area contributed by atoms with Gasteiger partial charge in [0.25, 0.3) is 0 Å². The minimum Gasteiger partial charge on any atom is -0.383 e. The summed E-state index contributed by atoms with van der Waals surface area (Å²) in [7, 11) is 1.73. The van der Waals surface area contributed by atoms with Crippen molar-refractivity contribution < 1.29 is 4.74 Å². The van der Waals surface area contributed by atoms with Gasteiger partial charge < -0.3 is 15.0 Å². The van der Waals surface area contributed by atoms with Gasteiger partial charge in [-0.25, -0.2) is 4.98 Å². The summed E-state index contributed by atoms with van der Waals surface area (Å²) in [5.41, 5.74) is -0.00585. The fourth-order valence-corrected chi connectivity index (χ4v) is 2.73. The molecule has 1 aromatic heterocycles. The smallest absolute Gasteiger partial charge is 0.185 e. The molecule has 5 heteroatoms. The van der Waals surface area contributed by atoms with Crippen molar-refractivity contribution >= 4 is 16.5 Å². The molecule has 0 aliphatic rings. The molecule has 0 aliphatic heterocycles. The molecule has 104 valence electrons. The standard InChI is InChI=1S/C13H25N3OS/c1-6-16(7-2)12-14-8-11(18-12)9-15-13(3,4)10-17-5/h8,15H,6-7,9-10H2,1-5H3. The van der Waals surface area contributed by atoms with E-state index in [-0.39, 0.29) is 5.54 Å². The summed E-state index contributed by atoms with van der Waals surface area (Å²) in [5, 5.41) is 4.60. The normalized spacial score (nSPS) is 11.8. The van der Waals surface area contributed by atoms with Crippen molar-refractivity contribution in [1.29, 1.82) is 0 Å². The van der Waals surface area contributed by atoms with Crippen LogP contribution in [0, 0.1) is 0 Å². The van der Waals surface area contributed by atoms with Crippen LogP contribution in [0.3, 0.4) is 0 Å². The van der Waals surface area contributed by atoms with E-state index in [4.69, 9.17) is 4.74 Å². The zero-order valence-electron chi connectivity index (χ0n) is 12.1. The molecule has 0 amide bonds. The quantitative estimate of drug-likeness (QED) is 0.788. The fraction of sp³-hybridized carbons (Fsp3) is 0.769. The maximum atomic E-state index is 5.19. The van der Waals surface area contributed by atoms with Crippen molar-refractivity contribution in [1.82, 2.24) is 10.3 Å². The van der Waals surface area contributed by atoms with Crippen LogP contribution in [0.25, 0.3) is 0 Å². The molecule has 18 heavy (non-hydrogen) atoms. The molecule has 1 heterocycles. The van der Waals surface area contributed by atoms with Crippen LogP contribution in [0.2, 0.25) is 0 Å². The summed E-state index contributed by atoms with van der Waals surface area (Å²) >= 11 is 1.76. The second-order valence-electron chi connectivity index (χ2n) is 4.95. The molecule has 0 saturated carbocycles. The van der Waals surface area contributed by atoms with Gasteiger partial charge in [-0.3, -0.25) is 0 Å². The van der Waals surface area contributed by atoms with Crippen molar-refractivity contribution in [3.63, 3.8) is 0 Å². The molecule has 1 aromatic rings. The summed E-state index contributed by atoms with van der Waals surface area (Å²) in [6.45, 7) is 12.2. The predicted molar refractivity (Wildman–Crippen MR) is 78.5 cm³/mol. The Balaban J connectivity index is 2.54. The van der Waals surface area contributed by atoms with E-state index in [0.717, 1.165) is 24.8 Å². The molecular weight excluding hydrogens is 246 g/mol. The number of ether oxygens (including phenoxy) is 1. The molecule has 0 spiro atoms. The molecule has 0 fully saturated rings. The zero-order chi connectivity index (χ0) is 13.6. The van der Waals surface area contributed by atoms with Gasteiger partial charge in [0.2, 0.25) is 0 Å². The number of thiazole rings is 1. The highest BCUT2D eigenvalue weighted by atomic mass is 32.1. The van der Waals surface area contributed by atoms with E-state index in [0.29, 0.717) is 6.61 Å². The van der Waals surface area contributed by atoms with Crippen molar-refractivity contribution in [2.45, 2.75) is 39.8 Å². The van der Waals surface area contributed by atoms with Crippen LogP contribution in [-0.2, 0) is 11.3 Å². The molecule has 0 aromatic carbocycles. The third-order valence-corrected chi connectivity index (χ3v) is 3.88. The summed E-state index contributed by atoms with van der Waals surface area (Å²) in [5.74, 6) is 0. The number of anilines is 1. The Kier molecular flexibility index (Phi) is 6.05. The highest BCUT2D eigenvalue weighted by Gasteiger charge is 2.17. The van der Waals surface area contributed by atoms with E-state index in [9.17, 15) is 0 Å². The lowest BCUT2D eigenvalue weighted by molar-refractivity contribution is 0.128. The average Bonchev–Trinajstić information content (AvgIpc) is 2.77. The minimum atomic E-state index is -0.00585. The van der Waals surface area contributed by atoms with Gasteiger partial charge in [-0.1, -0.05) is 0 Å². The molecule has 1 rings (SSSR count). The number of methoxy groups -OCH3 is 1. The van der Waals surface area contributed by atoms with Crippen LogP contribution < -0.4 is 10.2 Å². The highest BCUT2D eigenvalue weighted by molar-refractivity contribution is 7.15. The first-order valence-corrected chi connectivity index (χ1v) is 7.27. The predicted octanol–water partition coefficient (Wildman–Crippen LogP) is 2.50. The fourth-order valence-electron chi connectivity index (χ4n) is 1.76. The number of nitrogens with one attached hydrogen (secondary N) is 1. The number of nitrogens with zero attached hydrogens (tertiary/aromatic N) is 2. The monoisotopic (exact) mass is 271 g/mol. The molecule has 0 saturated heterocycles. The molecule has 0 unspecified atom stereocenters. The second kappa shape index (κ2) is 7.07. The Labute approximate surface area is 114 Å². The van der Waals surface area contributed by atoms with Crippen molar-refractivity contribution in [3.8, 4) is 0 Å². The lowest BCUT2D eigenvalue weighted by atomic mass is 10.1. The topological polar surface area (TPSA) is 37.4 Å². The molecule has 1 N–H and O–H groups in total. The van der Waals surface area contributed by atoms with Crippen molar-refractivity contribution in [2.24, 2.45) is 0 Å². The number of hydrogen-bond acceptors (Lipinski definition) is 5. The van der Waals surface area contributed by atoms with E-state index in [2.05, 4.69) is 42.9 Å². The zero-order valence-corrected chi connectivity index (χ0v) is 12.9. The first kappa shape index (κ1) is 15.4. The largest absolute Gasteiger partial charge is 0.383 e. The Morgan fingerprint density at radius 1 is 1.39 bits per heavy atom. The van der Waals surface area contributed by atoms with Gasteiger partial charge in [-0.2, -0.15) is 0 Å². The third kappa shape index (κ3) is 4.55. The molecule has 0 radical (unpaired) electrons. The summed E-state index contributed by atoms with van der Waals surface area (Å²) in [6, 6.07) is 0. The van der Waals surface area contributed by atoms with Crippen LogP contribution in [0.4, 0.5) is 5.13 Å². The number of rotatable bonds is 8. The van der Waals surface area contributed by atoms with Crippen LogP contribution in [0.5, 0.6) is 0 Å². The molecule has 0 aliphatic carbocycles. The molecular formula is C13H25N3OS. The Morgan fingerprint density at radius 2 is 2.06 bits per heavy atom. The van der Waals surface area contributed by atoms with Gasteiger partial charge in [0.05, 0.1) is 6.61 Å². The van der Waals surface area contributed by atoms with Gasteiger partial charge >= 0.3 is 0 Å². The van der Waals surface area contributed by atoms with E-state index < -0.39 is 0 Å². The van der Waals surface area contributed by atoms with Gasteiger partial charge in [-0.05, 0) is 27.7 Å². The second-order valence-corrected chi connectivity index (χ2v) is 6.05. The molecule has 4 nitrogen and oxygen atoms in total. The summed E-state index contributed by atoms with van der Waals surface area (Å²) in [6.07, 6.45) is 1.97. The van der Waals surface area contributed by atoms with Crippen LogP contribution in [0.15, 0.2) is 6.20 Å². The van der Waals surface area contributed by atoms with E-state index in [1.54, 1.807) is 18.4 Å². The third-order valence-electron chi connectivity index (χ3n) is 2.82. The average molecular weight is 271 g/mol. The number of aromatic nitrogens is 1. The Bertz CT molecular complexity index is 348. The van der Waals surface area contributed by atoms with Gasteiger partial charge in [0.1, 0.15) is 0 Å². The van der Waals surface area contributed by atoms with Crippen molar-refractivity contribution in [2.75, 3.05) is 31.7 Å². The van der Waals surface area contributed by atoms with Crippen LogP contribution in [-0.4, -0.2) is 37.3 Å². The molecule has 0 atom stereocenters. The first-order chi connectivity index (χ1) is 8.52. The Hall–Kier alpha value is -0.650. The summed E-state index contributed by atoms with van der Waals surface area (Å²) in [4.78, 5) is 8.02. The molecule has 0 bridgehead atoms. The Morgan fingerprint density at radius 3 is 2.61 bits per heavy atom. The lowest BCUT2D eigenvalue weighted by Crippen LogP contribution is -2.42. The van der Waals surface area contributed by atoms with Gasteiger partial charge in [0, 0.05) is 43.4 Å². The first-order valence-electron chi connectivity index (χ1n) is 6.46. The van der Waals surface area contributed by atoms with E-state index in [1.807, 2.05) is 6.20 Å².